The summed E-state index contributed by atoms with van der Waals surface area (Å²) in [6.07, 6.45) is 0.0251. The molecule has 0 N–H and O–H groups in total. The number of rotatable bonds is 6. The summed E-state index contributed by atoms with van der Waals surface area (Å²) in [6.45, 7) is 7.11. The summed E-state index contributed by atoms with van der Waals surface area (Å²) >= 11 is 0. The van der Waals surface area contributed by atoms with Gasteiger partial charge in [-0.25, -0.2) is 4.79 Å². The van der Waals surface area contributed by atoms with Crippen LogP contribution < -0.4 is 0 Å². The van der Waals surface area contributed by atoms with Crippen LogP contribution in [0.5, 0.6) is 0 Å². The van der Waals surface area contributed by atoms with Crippen LogP contribution in [0.1, 0.15) is 54.8 Å². The first-order valence-corrected chi connectivity index (χ1v) is 7.96. The van der Waals surface area contributed by atoms with Crippen molar-refractivity contribution in [3.63, 3.8) is 0 Å². The molecule has 1 aromatic rings. The largest absolute Gasteiger partial charge is 0.336 e. The van der Waals surface area contributed by atoms with E-state index in [0.717, 1.165) is 0 Å². The Hall–Kier alpha value is -2.50. The van der Waals surface area contributed by atoms with Gasteiger partial charge >= 0.3 is 5.97 Å². The summed E-state index contributed by atoms with van der Waals surface area (Å²) in [4.78, 5) is 53.9. The van der Waals surface area contributed by atoms with Gasteiger partial charge in [0.05, 0.1) is 17.0 Å². The number of nitrogens with zero attached hydrogens (tertiary/aromatic N) is 1. The molecular weight excluding hydrogens is 310 g/mol. The van der Waals surface area contributed by atoms with Crippen molar-refractivity contribution in [2.45, 2.75) is 34.1 Å². The summed E-state index contributed by atoms with van der Waals surface area (Å²) in [6, 6.07) is 6.28. The van der Waals surface area contributed by atoms with Gasteiger partial charge in [0.1, 0.15) is 5.78 Å². The predicted octanol–water partition coefficient (Wildman–Crippen LogP) is 2.63. The van der Waals surface area contributed by atoms with Crippen molar-refractivity contribution in [1.29, 1.82) is 0 Å². The maximum Gasteiger partial charge on any atom is 0.336 e. The molecule has 0 fully saturated rings. The lowest BCUT2D eigenvalue weighted by Crippen LogP contribution is -2.37. The van der Waals surface area contributed by atoms with Gasteiger partial charge in [0.25, 0.3) is 11.8 Å². The number of hydrogen-bond acceptors (Lipinski definition) is 5. The second-order valence-electron chi connectivity index (χ2n) is 6.54. The van der Waals surface area contributed by atoms with Gasteiger partial charge in [-0.15, -0.1) is 0 Å². The number of carbonyl (C=O) groups excluding carboxylic acids is 4. The molecule has 1 aromatic carbocycles. The van der Waals surface area contributed by atoms with Crippen molar-refractivity contribution < 1.29 is 24.0 Å². The average molecular weight is 331 g/mol. The number of fused-ring (bicyclic) bond motifs is 1. The Morgan fingerprint density at radius 1 is 1.00 bits per heavy atom. The Balaban J connectivity index is 2.15. The molecule has 24 heavy (non-hydrogen) atoms. The molecule has 1 heterocycles. The molecule has 0 bridgehead atoms. The van der Waals surface area contributed by atoms with E-state index in [9.17, 15) is 19.2 Å². The van der Waals surface area contributed by atoms with Crippen LogP contribution in [-0.4, -0.2) is 28.6 Å². The van der Waals surface area contributed by atoms with E-state index in [-0.39, 0.29) is 35.2 Å². The van der Waals surface area contributed by atoms with Crippen molar-refractivity contribution >= 4 is 23.6 Å². The van der Waals surface area contributed by atoms with Crippen LogP contribution >= 0.6 is 0 Å². The molecule has 0 spiro atoms. The van der Waals surface area contributed by atoms with E-state index in [1.54, 1.807) is 39.8 Å². The van der Waals surface area contributed by atoms with E-state index in [4.69, 9.17) is 4.84 Å². The van der Waals surface area contributed by atoms with E-state index in [1.165, 1.54) is 12.1 Å². The predicted molar refractivity (Wildman–Crippen MR) is 85.8 cm³/mol. The molecule has 1 aliphatic rings. The van der Waals surface area contributed by atoms with Gasteiger partial charge < -0.3 is 4.84 Å². The second-order valence-corrected chi connectivity index (χ2v) is 6.54. The quantitative estimate of drug-likeness (QED) is 0.749. The Bertz CT molecular complexity index is 657. The molecule has 6 nitrogen and oxygen atoms in total. The SMILES string of the molecule is CC(C)C(=O)C[C@H](C(=O)ON1C(=O)c2ccccc2C1=O)C(C)C. The number of benzene rings is 1. The first kappa shape index (κ1) is 17.8. The van der Waals surface area contributed by atoms with E-state index in [1.807, 2.05) is 0 Å². The summed E-state index contributed by atoms with van der Waals surface area (Å²) in [5.41, 5.74) is 0.407. The molecule has 0 unspecified atom stereocenters. The molecule has 0 aliphatic carbocycles. The Morgan fingerprint density at radius 3 is 1.92 bits per heavy atom. The highest BCUT2D eigenvalue weighted by atomic mass is 16.7. The molecule has 0 aromatic heterocycles. The minimum atomic E-state index is -0.742. The van der Waals surface area contributed by atoms with Gasteiger partial charge in [0.15, 0.2) is 0 Å². The standard InChI is InChI=1S/C18H21NO5/c1-10(2)14(9-15(20)11(3)4)18(23)24-19-16(21)12-7-5-6-8-13(12)17(19)22/h5-8,10-11,14H,9H2,1-4H3/t14-/m0/s1. The lowest BCUT2D eigenvalue weighted by Gasteiger charge is -2.21. The minimum Gasteiger partial charge on any atom is -0.329 e. The summed E-state index contributed by atoms with van der Waals surface area (Å²) in [5, 5.41) is 0.488. The van der Waals surface area contributed by atoms with Crippen LogP contribution in [0.25, 0.3) is 0 Å². The zero-order chi connectivity index (χ0) is 18.0. The molecule has 0 saturated heterocycles. The van der Waals surface area contributed by atoms with E-state index >= 15 is 0 Å². The summed E-state index contributed by atoms with van der Waals surface area (Å²) in [5.74, 6) is -3.19. The Labute approximate surface area is 140 Å². The third kappa shape index (κ3) is 3.37. The lowest BCUT2D eigenvalue weighted by molar-refractivity contribution is -0.176. The number of Topliss-reactive ketones (excluding diaryl/α,β-unsaturated/α-hetero) is 1. The van der Waals surface area contributed by atoms with Gasteiger partial charge in [-0.1, -0.05) is 44.9 Å². The van der Waals surface area contributed by atoms with E-state index in [2.05, 4.69) is 0 Å². The zero-order valence-corrected chi connectivity index (χ0v) is 14.2. The Kier molecular flexibility index (Phi) is 5.17. The normalized spacial score (nSPS) is 15.0. The van der Waals surface area contributed by atoms with Gasteiger partial charge in [-0.2, -0.15) is 0 Å². The maximum absolute atomic E-state index is 12.4. The highest BCUT2D eigenvalue weighted by molar-refractivity contribution is 6.20. The topological polar surface area (TPSA) is 80.8 Å². The van der Waals surface area contributed by atoms with Crippen LogP contribution in [0, 0.1) is 17.8 Å². The van der Waals surface area contributed by atoms with Crippen LogP contribution in [0.2, 0.25) is 0 Å². The fourth-order valence-electron chi connectivity index (χ4n) is 2.45. The third-order valence-electron chi connectivity index (χ3n) is 4.11. The lowest BCUT2D eigenvalue weighted by atomic mass is 9.88. The first-order valence-electron chi connectivity index (χ1n) is 7.96. The zero-order valence-electron chi connectivity index (χ0n) is 14.2. The van der Waals surface area contributed by atoms with Crippen molar-refractivity contribution in [3.05, 3.63) is 35.4 Å². The number of imide groups is 1. The van der Waals surface area contributed by atoms with E-state index < -0.39 is 23.7 Å². The number of hydrogen-bond donors (Lipinski definition) is 0. The number of carbonyl (C=O) groups is 4. The molecule has 0 saturated carbocycles. The summed E-state index contributed by atoms with van der Waals surface area (Å²) < 4.78 is 0. The van der Waals surface area contributed by atoms with Crippen molar-refractivity contribution in [1.82, 2.24) is 5.06 Å². The number of amides is 2. The third-order valence-corrected chi connectivity index (χ3v) is 4.11. The van der Waals surface area contributed by atoms with Crippen LogP contribution in [0.3, 0.4) is 0 Å². The fraction of sp³-hybridized carbons (Fsp3) is 0.444. The van der Waals surface area contributed by atoms with Crippen LogP contribution in [0.4, 0.5) is 0 Å². The first-order chi connectivity index (χ1) is 11.2. The Morgan fingerprint density at radius 2 is 1.50 bits per heavy atom. The maximum atomic E-state index is 12.4. The second kappa shape index (κ2) is 6.95. The molecule has 6 heteroatoms. The molecular formula is C18H21NO5. The molecule has 2 rings (SSSR count). The highest BCUT2D eigenvalue weighted by Gasteiger charge is 2.40. The van der Waals surface area contributed by atoms with Gasteiger partial charge in [-0.3, -0.25) is 14.4 Å². The van der Waals surface area contributed by atoms with Crippen molar-refractivity contribution in [3.8, 4) is 0 Å². The number of ketones is 1. The van der Waals surface area contributed by atoms with Gasteiger partial charge in [0, 0.05) is 12.3 Å². The fourth-order valence-corrected chi connectivity index (χ4v) is 2.45. The van der Waals surface area contributed by atoms with Crippen molar-refractivity contribution in [2.24, 2.45) is 17.8 Å². The van der Waals surface area contributed by atoms with Gasteiger partial charge in [-0.05, 0) is 18.1 Å². The molecule has 0 radical (unpaired) electrons. The molecule has 1 atom stereocenters. The monoisotopic (exact) mass is 331 g/mol. The van der Waals surface area contributed by atoms with E-state index in [0.29, 0.717) is 5.06 Å². The highest BCUT2D eigenvalue weighted by Crippen LogP contribution is 2.25. The molecule has 2 amide bonds. The number of hydroxylamine groups is 2. The average Bonchev–Trinajstić information content (AvgIpc) is 2.77. The van der Waals surface area contributed by atoms with Crippen LogP contribution in [-0.2, 0) is 14.4 Å². The molecule has 1 aliphatic heterocycles. The van der Waals surface area contributed by atoms with Crippen LogP contribution in [0.15, 0.2) is 24.3 Å². The molecule has 128 valence electrons. The van der Waals surface area contributed by atoms with Gasteiger partial charge in [0.2, 0.25) is 0 Å². The summed E-state index contributed by atoms with van der Waals surface area (Å²) in [7, 11) is 0. The smallest absolute Gasteiger partial charge is 0.329 e. The van der Waals surface area contributed by atoms with Crippen molar-refractivity contribution in [2.75, 3.05) is 0 Å². The minimum absolute atomic E-state index is 0.0251.